The van der Waals surface area contributed by atoms with Gasteiger partial charge in [0, 0.05) is 18.8 Å². The minimum absolute atomic E-state index is 0.118. The van der Waals surface area contributed by atoms with Crippen molar-refractivity contribution in [1.29, 1.82) is 0 Å². The summed E-state index contributed by atoms with van der Waals surface area (Å²) in [4.78, 5) is 46.2. The summed E-state index contributed by atoms with van der Waals surface area (Å²) in [6.07, 6.45) is 1.04. The van der Waals surface area contributed by atoms with E-state index in [1.165, 1.54) is 14.2 Å². The van der Waals surface area contributed by atoms with E-state index in [1.807, 2.05) is 0 Å². The average Bonchev–Trinajstić information content (AvgIpc) is 2.72. The van der Waals surface area contributed by atoms with E-state index < -0.39 is 34.6 Å². The molecule has 0 unspecified atom stereocenters. The van der Waals surface area contributed by atoms with Gasteiger partial charge in [0.15, 0.2) is 11.5 Å². The number of ether oxygens (including phenoxy) is 3. The molecule has 2 aromatic rings. The van der Waals surface area contributed by atoms with Crippen molar-refractivity contribution in [3.8, 4) is 11.5 Å². The van der Waals surface area contributed by atoms with Crippen LogP contribution in [0.5, 0.6) is 11.5 Å². The molecule has 29 heavy (non-hydrogen) atoms. The highest BCUT2D eigenvalue weighted by Crippen LogP contribution is 2.27. The molecule has 1 heterocycles. The Balaban J connectivity index is 2.18. The van der Waals surface area contributed by atoms with E-state index in [-0.39, 0.29) is 12.1 Å². The molecule has 154 valence electrons. The maximum Gasteiger partial charge on any atom is 0.339 e. The standard InChI is InChI=1S/C18H19N3O8/c1-27-14-5-4-11(6-15(14)28-2)8-19-16(22)10-20-9-12(18(24)29-3)7-13(17(20)23)21(25)26/h4-7,9H,8,10H2,1-3H3,(H,19,22). The number of nitrogens with zero attached hydrogens (tertiary/aromatic N) is 2. The normalized spacial score (nSPS) is 10.2. The van der Waals surface area contributed by atoms with Crippen molar-refractivity contribution in [3.63, 3.8) is 0 Å². The fraction of sp³-hybridized carbons (Fsp3) is 0.278. The summed E-state index contributed by atoms with van der Waals surface area (Å²) < 4.78 is 15.6. The van der Waals surface area contributed by atoms with E-state index in [2.05, 4.69) is 10.1 Å². The van der Waals surface area contributed by atoms with Crippen LogP contribution in [0, 0.1) is 10.1 Å². The van der Waals surface area contributed by atoms with Gasteiger partial charge in [-0.2, -0.15) is 0 Å². The first kappa shape index (κ1) is 21.4. The Morgan fingerprint density at radius 3 is 2.41 bits per heavy atom. The number of carbonyl (C=O) groups is 2. The molecule has 1 aromatic carbocycles. The maximum absolute atomic E-state index is 12.2. The average molecular weight is 405 g/mol. The van der Waals surface area contributed by atoms with Gasteiger partial charge in [-0.1, -0.05) is 6.07 Å². The molecule has 1 N–H and O–H groups in total. The van der Waals surface area contributed by atoms with Crippen LogP contribution in [0.25, 0.3) is 0 Å². The molecule has 0 aliphatic carbocycles. The van der Waals surface area contributed by atoms with Gasteiger partial charge in [-0.3, -0.25) is 24.3 Å². The Morgan fingerprint density at radius 2 is 1.83 bits per heavy atom. The highest BCUT2D eigenvalue weighted by Gasteiger charge is 2.21. The van der Waals surface area contributed by atoms with Crippen molar-refractivity contribution in [2.24, 2.45) is 0 Å². The molecular formula is C18H19N3O8. The molecule has 0 radical (unpaired) electrons. The Hall–Kier alpha value is -3.89. The number of amides is 1. The highest BCUT2D eigenvalue weighted by atomic mass is 16.6. The van der Waals surface area contributed by atoms with E-state index in [9.17, 15) is 24.5 Å². The molecule has 0 aliphatic heterocycles. The van der Waals surface area contributed by atoms with E-state index in [1.54, 1.807) is 18.2 Å². The summed E-state index contributed by atoms with van der Waals surface area (Å²) in [6, 6.07) is 5.88. The first-order chi connectivity index (χ1) is 13.8. The van der Waals surface area contributed by atoms with Crippen molar-refractivity contribution in [3.05, 3.63) is 62.1 Å². The van der Waals surface area contributed by atoms with Crippen molar-refractivity contribution in [2.75, 3.05) is 21.3 Å². The molecular weight excluding hydrogens is 386 g/mol. The fourth-order valence-electron chi connectivity index (χ4n) is 2.50. The number of esters is 1. The van der Waals surface area contributed by atoms with Crippen molar-refractivity contribution in [2.45, 2.75) is 13.1 Å². The van der Waals surface area contributed by atoms with Crippen LogP contribution in [-0.4, -0.2) is 42.7 Å². The fourth-order valence-corrected chi connectivity index (χ4v) is 2.50. The lowest BCUT2D eigenvalue weighted by atomic mass is 10.2. The van der Waals surface area contributed by atoms with E-state index in [0.717, 1.165) is 23.9 Å². The Morgan fingerprint density at radius 1 is 1.14 bits per heavy atom. The second-order valence-electron chi connectivity index (χ2n) is 5.76. The van der Waals surface area contributed by atoms with Crippen LogP contribution in [0.3, 0.4) is 0 Å². The Labute approximate surface area is 165 Å². The van der Waals surface area contributed by atoms with E-state index >= 15 is 0 Å². The molecule has 0 atom stereocenters. The molecule has 0 saturated carbocycles. The lowest BCUT2D eigenvalue weighted by Gasteiger charge is -2.11. The largest absolute Gasteiger partial charge is 0.493 e. The SMILES string of the molecule is COC(=O)c1cc([N+](=O)[O-])c(=O)n(CC(=O)NCc2ccc(OC)c(OC)c2)c1. The summed E-state index contributed by atoms with van der Waals surface area (Å²) in [5.41, 5.74) is -1.35. The quantitative estimate of drug-likeness (QED) is 0.388. The number of nitro groups is 1. The van der Waals surface area contributed by atoms with Gasteiger partial charge in [-0.15, -0.1) is 0 Å². The Kier molecular flexibility index (Phi) is 6.90. The third-order valence-corrected chi connectivity index (χ3v) is 3.94. The highest BCUT2D eigenvalue weighted by molar-refractivity contribution is 5.89. The van der Waals surface area contributed by atoms with E-state index in [4.69, 9.17) is 9.47 Å². The zero-order chi connectivity index (χ0) is 21.6. The summed E-state index contributed by atoms with van der Waals surface area (Å²) in [6.45, 7) is -0.398. The summed E-state index contributed by atoms with van der Waals surface area (Å²) in [7, 11) is 4.08. The molecule has 11 nitrogen and oxygen atoms in total. The molecule has 0 spiro atoms. The zero-order valence-electron chi connectivity index (χ0n) is 16.0. The minimum Gasteiger partial charge on any atom is -0.493 e. The molecule has 0 bridgehead atoms. The number of hydrogen-bond donors (Lipinski definition) is 1. The van der Waals surface area contributed by atoms with Crippen molar-refractivity contribution in [1.82, 2.24) is 9.88 Å². The smallest absolute Gasteiger partial charge is 0.339 e. The third-order valence-electron chi connectivity index (χ3n) is 3.94. The Bertz CT molecular complexity index is 999. The predicted octanol–water partition coefficient (Wildman–Crippen LogP) is 0.877. The van der Waals surface area contributed by atoms with Crippen LogP contribution in [-0.2, 0) is 22.6 Å². The second kappa shape index (κ2) is 9.35. The third kappa shape index (κ3) is 5.09. The van der Waals surface area contributed by atoms with Gasteiger partial charge in [0.2, 0.25) is 5.91 Å². The molecule has 1 aromatic heterocycles. The lowest BCUT2D eigenvalue weighted by Crippen LogP contribution is -2.33. The van der Waals surface area contributed by atoms with Crippen LogP contribution >= 0.6 is 0 Å². The first-order valence-corrected chi connectivity index (χ1v) is 8.25. The van der Waals surface area contributed by atoms with Gasteiger partial charge < -0.3 is 19.5 Å². The molecule has 0 aliphatic rings. The van der Waals surface area contributed by atoms with Gasteiger partial charge >= 0.3 is 17.2 Å². The number of rotatable bonds is 8. The van der Waals surface area contributed by atoms with Crippen LogP contribution in [0.2, 0.25) is 0 Å². The number of pyridine rings is 1. The summed E-state index contributed by atoms with van der Waals surface area (Å²) in [5.74, 6) is -0.441. The molecule has 0 fully saturated rings. The number of benzene rings is 1. The number of carbonyl (C=O) groups excluding carboxylic acids is 2. The van der Waals surface area contributed by atoms with Gasteiger partial charge in [0.25, 0.3) is 0 Å². The topological polar surface area (TPSA) is 139 Å². The predicted molar refractivity (Wildman–Crippen MR) is 100 cm³/mol. The van der Waals surface area contributed by atoms with Gasteiger partial charge in [0.1, 0.15) is 6.54 Å². The zero-order valence-corrected chi connectivity index (χ0v) is 16.0. The van der Waals surface area contributed by atoms with E-state index in [0.29, 0.717) is 17.1 Å². The van der Waals surface area contributed by atoms with Crippen LogP contribution in [0.1, 0.15) is 15.9 Å². The maximum atomic E-state index is 12.2. The van der Waals surface area contributed by atoms with Gasteiger partial charge in [0.05, 0.1) is 31.8 Å². The van der Waals surface area contributed by atoms with Gasteiger partial charge in [-0.25, -0.2) is 4.79 Å². The minimum atomic E-state index is -1.01. The van der Waals surface area contributed by atoms with Gasteiger partial charge in [-0.05, 0) is 17.7 Å². The van der Waals surface area contributed by atoms with Crippen LogP contribution in [0.15, 0.2) is 35.3 Å². The van der Waals surface area contributed by atoms with Crippen molar-refractivity contribution >= 4 is 17.6 Å². The molecule has 1 amide bonds. The van der Waals surface area contributed by atoms with Crippen molar-refractivity contribution < 1.29 is 28.7 Å². The van der Waals surface area contributed by atoms with Crippen LogP contribution < -0.4 is 20.3 Å². The lowest BCUT2D eigenvalue weighted by molar-refractivity contribution is -0.386. The summed E-state index contributed by atoms with van der Waals surface area (Å²) in [5, 5.41) is 13.7. The molecule has 2 rings (SSSR count). The number of methoxy groups -OCH3 is 3. The summed E-state index contributed by atoms with van der Waals surface area (Å²) >= 11 is 0. The molecule has 11 heteroatoms. The number of hydrogen-bond acceptors (Lipinski definition) is 8. The number of aromatic nitrogens is 1. The second-order valence-corrected chi connectivity index (χ2v) is 5.76. The molecule has 0 saturated heterocycles. The monoisotopic (exact) mass is 405 g/mol. The van der Waals surface area contributed by atoms with Crippen LogP contribution in [0.4, 0.5) is 5.69 Å². The number of nitrogens with one attached hydrogen (secondary N) is 1. The first-order valence-electron chi connectivity index (χ1n) is 8.25.